The Kier molecular flexibility index (Phi) is 4.20. The average molecular weight is 337 g/mol. The highest BCUT2D eigenvalue weighted by Gasteiger charge is 2.27. The van der Waals surface area contributed by atoms with Crippen LogP contribution in [0.3, 0.4) is 0 Å². The molecule has 2 unspecified atom stereocenters. The monoisotopic (exact) mass is 337 g/mol. The van der Waals surface area contributed by atoms with Gasteiger partial charge in [0, 0.05) is 23.4 Å². The van der Waals surface area contributed by atoms with Crippen LogP contribution in [0.1, 0.15) is 17.3 Å². The van der Waals surface area contributed by atoms with E-state index in [1.165, 1.54) is 12.1 Å². The third kappa shape index (κ3) is 3.29. The van der Waals surface area contributed by atoms with E-state index < -0.39 is 28.9 Å². The quantitative estimate of drug-likeness (QED) is 0.736. The second-order valence-electron chi connectivity index (χ2n) is 5.05. The minimum Gasteiger partial charge on any atom is -0.593 e. The maximum atomic E-state index is 13.2. The number of halogens is 2. The molecule has 2 aromatic carbocycles. The molecule has 0 bridgehead atoms. The van der Waals surface area contributed by atoms with Crippen LogP contribution >= 0.6 is 0 Å². The summed E-state index contributed by atoms with van der Waals surface area (Å²) in [6, 6.07) is 7.81. The molecule has 0 saturated heterocycles. The summed E-state index contributed by atoms with van der Waals surface area (Å²) in [6.07, 6.45) is -0.148. The van der Waals surface area contributed by atoms with Gasteiger partial charge in [-0.3, -0.25) is 4.79 Å². The Balaban J connectivity index is 1.83. The fourth-order valence-corrected chi connectivity index (χ4v) is 3.27. The highest BCUT2D eigenvalue weighted by Crippen LogP contribution is 2.27. The molecule has 3 N–H and O–H groups in total. The molecule has 1 amide bonds. The van der Waals surface area contributed by atoms with E-state index in [4.69, 9.17) is 0 Å². The van der Waals surface area contributed by atoms with Gasteiger partial charge in [-0.2, -0.15) is 0 Å². The normalized spacial score (nSPS) is 19.7. The second-order valence-corrected chi connectivity index (χ2v) is 6.26. The van der Waals surface area contributed by atoms with Gasteiger partial charge in [-0.15, -0.1) is 4.72 Å². The number of hydrogen-bond donors (Lipinski definition) is 3. The summed E-state index contributed by atoms with van der Waals surface area (Å²) in [6.45, 7) is 1.82. The minimum atomic E-state index is -1.43. The van der Waals surface area contributed by atoms with Crippen LogP contribution in [0.5, 0.6) is 0 Å². The Morgan fingerprint density at radius 1 is 1.22 bits per heavy atom. The van der Waals surface area contributed by atoms with Gasteiger partial charge in [0.15, 0.2) is 16.5 Å². The van der Waals surface area contributed by atoms with Crippen molar-refractivity contribution in [3.8, 4) is 0 Å². The van der Waals surface area contributed by atoms with E-state index in [-0.39, 0.29) is 17.4 Å². The van der Waals surface area contributed by atoms with Crippen LogP contribution in [0.4, 0.5) is 20.2 Å². The molecular weight excluding hydrogens is 324 g/mol. The van der Waals surface area contributed by atoms with E-state index in [1.807, 2.05) is 6.92 Å². The maximum Gasteiger partial charge on any atom is 0.255 e. The van der Waals surface area contributed by atoms with Crippen molar-refractivity contribution in [2.45, 2.75) is 18.0 Å². The zero-order valence-electron chi connectivity index (χ0n) is 12.0. The fraction of sp³-hybridized carbons (Fsp3) is 0.133. The van der Waals surface area contributed by atoms with E-state index in [2.05, 4.69) is 15.4 Å². The lowest BCUT2D eigenvalue weighted by Gasteiger charge is -2.26. The Morgan fingerprint density at radius 3 is 2.74 bits per heavy atom. The number of anilines is 2. The van der Waals surface area contributed by atoms with E-state index in [0.717, 1.165) is 12.1 Å². The summed E-state index contributed by atoms with van der Waals surface area (Å²) in [5.41, 5.74) is 1.08. The summed E-state index contributed by atoms with van der Waals surface area (Å²) in [5.74, 6) is -2.54. The molecule has 2 aromatic rings. The van der Waals surface area contributed by atoms with Crippen molar-refractivity contribution in [2.75, 3.05) is 10.6 Å². The molecule has 23 heavy (non-hydrogen) atoms. The number of rotatable bonds is 2. The summed E-state index contributed by atoms with van der Waals surface area (Å²) < 4.78 is 40.9. The number of benzene rings is 2. The van der Waals surface area contributed by atoms with Gasteiger partial charge < -0.3 is 15.2 Å². The molecule has 0 saturated carbocycles. The van der Waals surface area contributed by atoms with Gasteiger partial charge in [0.25, 0.3) is 5.91 Å². The fourth-order valence-electron chi connectivity index (χ4n) is 2.20. The zero-order chi connectivity index (χ0) is 16.6. The van der Waals surface area contributed by atoms with Crippen molar-refractivity contribution in [3.05, 3.63) is 53.6 Å². The highest BCUT2D eigenvalue weighted by atomic mass is 32.2. The summed E-state index contributed by atoms with van der Waals surface area (Å²) in [5, 5.41) is 5.56. The zero-order valence-corrected chi connectivity index (χ0v) is 12.8. The Bertz CT molecular complexity index is 772. The van der Waals surface area contributed by atoms with Crippen molar-refractivity contribution in [2.24, 2.45) is 0 Å². The number of nitrogens with one attached hydrogen (secondary N) is 3. The van der Waals surface area contributed by atoms with Crippen molar-refractivity contribution in [1.29, 1.82) is 0 Å². The predicted molar refractivity (Wildman–Crippen MR) is 83.4 cm³/mol. The van der Waals surface area contributed by atoms with Crippen molar-refractivity contribution < 1.29 is 18.1 Å². The van der Waals surface area contributed by atoms with E-state index in [9.17, 15) is 18.1 Å². The van der Waals surface area contributed by atoms with Gasteiger partial charge in [0.2, 0.25) is 0 Å². The molecule has 1 heterocycles. The maximum absolute atomic E-state index is 13.2. The van der Waals surface area contributed by atoms with Crippen LogP contribution in [0.15, 0.2) is 41.3 Å². The van der Waals surface area contributed by atoms with E-state index in [1.54, 1.807) is 12.1 Å². The summed E-state index contributed by atoms with van der Waals surface area (Å²) in [4.78, 5) is 12.7. The standard InChI is InChI=1S/C15H13F2N3O2S/c1-8-18-13-5-2-9(6-14(13)23(22)20-8)15(21)19-10-3-4-11(16)12(17)7-10/h2-8,18,20H,1H3,(H,19,21). The van der Waals surface area contributed by atoms with Gasteiger partial charge in [-0.05, 0) is 31.2 Å². The van der Waals surface area contributed by atoms with Crippen LogP contribution in [-0.4, -0.2) is 16.6 Å². The first-order valence-electron chi connectivity index (χ1n) is 6.79. The average Bonchev–Trinajstić information content (AvgIpc) is 2.50. The van der Waals surface area contributed by atoms with Gasteiger partial charge in [0.05, 0.1) is 17.0 Å². The Morgan fingerprint density at radius 2 is 2.00 bits per heavy atom. The molecule has 0 aliphatic carbocycles. The molecular formula is C15H13F2N3O2S. The molecule has 3 rings (SSSR count). The molecule has 120 valence electrons. The predicted octanol–water partition coefficient (Wildman–Crippen LogP) is 2.60. The molecule has 2 atom stereocenters. The first-order valence-corrected chi connectivity index (χ1v) is 7.94. The van der Waals surface area contributed by atoms with Gasteiger partial charge in [0.1, 0.15) is 6.17 Å². The summed E-state index contributed by atoms with van der Waals surface area (Å²) in [7, 11) is 0. The number of carbonyl (C=O) groups excluding carboxylic acids is 1. The van der Waals surface area contributed by atoms with Crippen LogP contribution in [-0.2, 0) is 11.4 Å². The second kappa shape index (κ2) is 6.15. The Hall–Kier alpha value is -2.16. The molecule has 0 fully saturated rings. The topological polar surface area (TPSA) is 76.2 Å². The Labute approximate surface area is 134 Å². The number of hydrogen-bond acceptors (Lipinski definition) is 4. The van der Waals surface area contributed by atoms with Crippen molar-refractivity contribution in [3.63, 3.8) is 0 Å². The van der Waals surface area contributed by atoms with Gasteiger partial charge in [-0.25, -0.2) is 8.78 Å². The molecule has 1 aliphatic heterocycles. The third-order valence-electron chi connectivity index (χ3n) is 3.28. The number of amides is 1. The lowest BCUT2D eigenvalue weighted by atomic mass is 10.1. The molecule has 1 aliphatic rings. The largest absolute Gasteiger partial charge is 0.593 e. The lowest BCUT2D eigenvalue weighted by molar-refractivity contribution is 0.102. The first-order chi connectivity index (χ1) is 10.9. The van der Waals surface area contributed by atoms with Crippen LogP contribution in [0.25, 0.3) is 0 Å². The smallest absolute Gasteiger partial charge is 0.255 e. The molecule has 5 nitrogen and oxygen atoms in total. The first kappa shape index (κ1) is 15.7. The van der Waals surface area contributed by atoms with Gasteiger partial charge >= 0.3 is 0 Å². The minimum absolute atomic E-state index is 0.137. The summed E-state index contributed by atoms with van der Waals surface area (Å²) >= 11 is -1.43. The van der Waals surface area contributed by atoms with Gasteiger partial charge in [-0.1, -0.05) is 0 Å². The highest BCUT2D eigenvalue weighted by molar-refractivity contribution is 7.89. The number of carbonyl (C=O) groups is 1. The SMILES string of the molecule is CC1Nc2ccc(C(=O)Nc3ccc(F)c(F)c3)cc2[S+]([O-])N1. The number of fused-ring (bicyclic) bond motifs is 1. The van der Waals surface area contributed by atoms with Crippen molar-refractivity contribution >= 4 is 28.6 Å². The lowest BCUT2D eigenvalue weighted by Crippen LogP contribution is -2.42. The van der Waals surface area contributed by atoms with E-state index >= 15 is 0 Å². The van der Waals surface area contributed by atoms with Crippen LogP contribution < -0.4 is 15.4 Å². The molecule has 0 aromatic heterocycles. The van der Waals surface area contributed by atoms with Crippen LogP contribution in [0, 0.1) is 11.6 Å². The van der Waals surface area contributed by atoms with E-state index in [0.29, 0.717) is 10.6 Å². The van der Waals surface area contributed by atoms with Crippen LogP contribution in [0.2, 0.25) is 0 Å². The van der Waals surface area contributed by atoms with Crippen molar-refractivity contribution in [1.82, 2.24) is 4.72 Å². The molecule has 0 spiro atoms. The third-order valence-corrected chi connectivity index (χ3v) is 4.58. The molecule has 0 radical (unpaired) electrons. The molecule has 8 heteroatoms.